The maximum absolute atomic E-state index is 3.49. The third kappa shape index (κ3) is 4.25. The van der Waals surface area contributed by atoms with E-state index in [-0.39, 0.29) is 0 Å². The summed E-state index contributed by atoms with van der Waals surface area (Å²) in [5.74, 6) is 0. The molecular weight excluding hydrogens is 246 g/mol. The molecule has 0 radical (unpaired) electrons. The van der Waals surface area contributed by atoms with Crippen LogP contribution in [0.1, 0.15) is 18.2 Å². The SMILES string of the molecule is CCCN(CCBr)Cc1cccs1. The van der Waals surface area contributed by atoms with Crippen molar-refractivity contribution in [2.45, 2.75) is 19.9 Å². The average Bonchev–Trinajstić information content (AvgIpc) is 2.58. The standard InChI is InChI=1S/C10H16BrNS/c1-2-6-12(7-5-11)9-10-4-3-8-13-10/h3-4,8H,2,5-7,9H2,1H3. The number of alkyl halides is 1. The van der Waals surface area contributed by atoms with Crippen molar-refractivity contribution in [1.82, 2.24) is 4.90 Å². The predicted octanol–water partition coefficient (Wildman–Crippen LogP) is 3.36. The van der Waals surface area contributed by atoms with Gasteiger partial charge in [-0.1, -0.05) is 28.9 Å². The third-order valence-corrected chi connectivity index (χ3v) is 3.12. The highest BCUT2D eigenvalue weighted by molar-refractivity contribution is 9.09. The van der Waals surface area contributed by atoms with Gasteiger partial charge in [-0.05, 0) is 24.4 Å². The predicted molar refractivity (Wildman–Crippen MR) is 63.7 cm³/mol. The quantitative estimate of drug-likeness (QED) is 0.710. The van der Waals surface area contributed by atoms with Crippen LogP contribution >= 0.6 is 27.3 Å². The Balaban J connectivity index is 2.37. The molecule has 0 saturated carbocycles. The fourth-order valence-electron chi connectivity index (χ4n) is 1.33. The van der Waals surface area contributed by atoms with E-state index in [1.165, 1.54) is 17.8 Å². The lowest BCUT2D eigenvalue weighted by Gasteiger charge is -2.19. The molecule has 1 aromatic heterocycles. The minimum atomic E-state index is 1.07. The molecule has 0 aromatic carbocycles. The minimum absolute atomic E-state index is 1.07. The van der Waals surface area contributed by atoms with E-state index in [4.69, 9.17) is 0 Å². The Labute approximate surface area is 92.9 Å². The zero-order chi connectivity index (χ0) is 9.52. The van der Waals surface area contributed by atoms with Gasteiger partial charge in [0.15, 0.2) is 0 Å². The fraction of sp³-hybridized carbons (Fsp3) is 0.600. The monoisotopic (exact) mass is 261 g/mol. The van der Waals surface area contributed by atoms with Crippen molar-refractivity contribution in [3.8, 4) is 0 Å². The molecule has 0 unspecified atom stereocenters. The van der Waals surface area contributed by atoms with Gasteiger partial charge in [-0.2, -0.15) is 0 Å². The molecule has 0 saturated heterocycles. The fourth-order valence-corrected chi connectivity index (χ4v) is 2.58. The maximum atomic E-state index is 3.49. The van der Waals surface area contributed by atoms with E-state index >= 15 is 0 Å². The number of hydrogen-bond acceptors (Lipinski definition) is 2. The van der Waals surface area contributed by atoms with Crippen molar-refractivity contribution in [1.29, 1.82) is 0 Å². The maximum Gasteiger partial charge on any atom is 0.0328 e. The molecule has 74 valence electrons. The van der Waals surface area contributed by atoms with Crippen LogP contribution in [-0.4, -0.2) is 23.3 Å². The molecular formula is C10H16BrNS. The van der Waals surface area contributed by atoms with E-state index in [0.717, 1.165) is 18.4 Å². The van der Waals surface area contributed by atoms with Crippen molar-refractivity contribution in [2.75, 3.05) is 18.4 Å². The molecule has 1 aromatic rings. The smallest absolute Gasteiger partial charge is 0.0328 e. The van der Waals surface area contributed by atoms with Crippen molar-refractivity contribution < 1.29 is 0 Å². The molecule has 0 bridgehead atoms. The summed E-state index contributed by atoms with van der Waals surface area (Å²) in [6, 6.07) is 4.33. The second kappa shape index (κ2) is 6.57. The molecule has 0 aliphatic rings. The first kappa shape index (κ1) is 11.2. The highest BCUT2D eigenvalue weighted by atomic mass is 79.9. The van der Waals surface area contributed by atoms with Crippen LogP contribution in [0.25, 0.3) is 0 Å². The van der Waals surface area contributed by atoms with Crippen molar-refractivity contribution in [3.05, 3.63) is 22.4 Å². The molecule has 0 amide bonds. The number of halogens is 1. The summed E-state index contributed by atoms with van der Waals surface area (Å²) in [5.41, 5.74) is 0. The van der Waals surface area contributed by atoms with Gasteiger partial charge in [0, 0.05) is 23.3 Å². The highest BCUT2D eigenvalue weighted by Gasteiger charge is 2.03. The van der Waals surface area contributed by atoms with E-state index in [1.807, 2.05) is 11.3 Å². The Morgan fingerprint density at radius 2 is 2.31 bits per heavy atom. The Kier molecular flexibility index (Phi) is 5.67. The number of hydrogen-bond donors (Lipinski definition) is 0. The zero-order valence-corrected chi connectivity index (χ0v) is 10.4. The van der Waals surface area contributed by atoms with Gasteiger partial charge >= 0.3 is 0 Å². The van der Waals surface area contributed by atoms with Gasteiger partial charge in [0.2, 0.25) is 0 Å². The van der Waals surface area contributed by atoms with Gasteiger partial charge in [-0.25, -0.2) is 0 Å². The third-order valence-electron chi connectivity index (χ3n) is 1.90. The summed E-state index contributed by atoms with van der Waals surface area (Å²) in [4.78, 5) is 3.95. The van der Waals surface area contributed by atoms with E-state index in [2.05, 4.69) is 45.3 Å². The van der Waals surface area contributed by atoms with Gasteiger partial charge in [-0.15, -0.1) is 11.3 Å². The molecule has 0 fully saturated rings. The highest BCUT2D eigenvalue weighted by Crippen LogP contribution is 2.12. The van der Waals surface area contributed by atoms with Crippen LogP contribution in [0.5, 0.6) is 0 Å². The molecule has 1 nitrogen and oxygen atoms in total. The Bertz CT molecular complexity index is 205. The Morgan fingerprint density at radius 1 is 1.46 bits per heavy atom. The zero-order valence-electron chi connectivity index (χ0n) is 8.00. The van der Waals surface area contributed by atoms with Crippen LogP contribution in [0.2, 0.25) is 0 Å². The van der Waals surface area contributed by atoms with Crippen LogP contribution < -0.4 is 0 Å². The molecule has 0 N–H and O–H groups in total. The van der Waals surface area contributed by atoms with Crippen LogP contribution in [0.4, 0.5) is 0 Å². The van der Waals surface area contributed by atoms with Crippen molar-refractivity contribution in [2.24, 2.45) is 0 Å². The summed E-state index contributed by atoms with van der Waals surface area (Å²) in [6.07, 6.45) is 1.23. The van der Waals surface area contributed by atoms with Gasteiger partial charge in [0.1, 0.15) is 0 Å². The lowest BCUT2D eigenvalue weighted by atomic mass is 10.3. The molecule has 0 aliphatic heterocycles. The number of thiophene rings is 1. The van der Waals surface area contributed by atoms with E-state index in [1.54, 1.807) is 0 Å². The second-order valence-electron chi connectivity index (χ2n) is 3.04. The van der Waals surface area contributed by atoms with Gasteiger partial charge in [-0.3, -0.25) is 4.90 Å². The second-order valence-corrected chi connectivity index (χ2v) is 4.87. The molecule has 1 rings (SSSR count). The van der Waals surface area contributed by atoms with Gasteiger partial charge in [0.25, 0.3) is 0 Å². The lowest BCUT2D eigenvalue weighted by Crippen LogP contribution is -2.25. The molecule has 0 atom stereocenters. The Morgan fingerprint density at radius 3 is 2.85 bits per heavy atom. The van der Waals surface area contributed by atoms with Crippen molar-refractivity contribution in [3.63, 3.8) is 0 Å². The first-order chi connectivity index (χ1) is 6.36. The molecule has 0 aliphatic carbocycles. The summed E-state index contributed by atoms with van der Waals surface area (Å²) in [6.45, 7) is 5.68. The molecule has 3 heteroatoms. The number of nitrogens with zero attached hydrogens (tertiary/aromatic N) is 1. The summed E-state index contributed by atoms with van der Waals surface area (Å²) in [7, 11) is 0. The minimum Gasteiger partial charge on any atom is -0.297 e. The average molecular weight is 262 g/mol. The van der Waals surface area contributed by atoms with E-state index in [0.29, 0.717) is 0 Å². The first-order valence-electron chi connectivity index (χ1n) is 4.67. The van der Waals surface area contributed by atoms with E-state index in [9.17, 15) is 0 Å². The molecule has 1 heterocycles. The van der Waals surface area contributed by atoms with Gasteiger partial charge in [0.05, 0.1) is 0 Å². The topological polar surface area (TPSA) is 3.24 Å². The van der Waals surface area contributed by atoms with Crippen LogP contribution in [-0.2, 0) is 6.54 Å². The normalized spacial score (nSPS) is 11.0. The van der Waals surface area contributed by atoms with Crippen molar-refractivity contribution >= 4 is 27.3 Å². The lowest BCUT2D eigenvalue weighted by molar-refractivity contribution is 0.286. The molecule has 0 spiro atoms. The summed E-state index contributed by atoms with van der Waals surface area (Å²) in [5, 5.41) is 3.21. The first-order valence-corrected chi connectivity index (χ1v) is 6.67. The van der Waals surface area contributed by atoms with E-state index < -0.39 is 0 Å². The summed E-state index contributed by atoms with van der Waals surface area (Å²) >= 11 is 5.33. The van der Waals surface area contributed by atoms with Crippen LogP contribution in [0, 0.1) is 0 Å². The van der Waals surface area contributed by atoms with Gasteiger partial charge < -0.3 is 0 Å². The largest absolute Gasteiger partial charge is 0.297 e. The van der Waals surface area contributed by atoms with Crippen LogP contribution in [0.15, 0.2) is 17.5 Å². The number of rotatable bonds is 6. The molecule has 13 heavy (non-hydrogen) atoms. The van der Waals surface area contributed by atoms with Crippen LogP contribution in [0.3, 0.4) is 0 Å². The summed E-state index contributed by atoms with van der Waals surface area (Å²) < 4.78 is 0. The Hall–Kier alpha value is 0.140.